The average molecular weight is 391 g/mol. The Kier molecular flexibility index (Phi) is 5.39. The van der Waals surface area contributed by atoms with Crippen LogP contribution in [-0.2, 0) is 9.59 Å². The Morgan fingerprint density at radius 1 is 1.32 bits per heavy atom. The second-order valence-corrected chi connectivity index (χ2v) is 6.78. The molecule has 3 N–H and O–H groups in total. The molecule has 1 fully saturated rings. The lowest BCUT2D eigenvalue weighted by Crippen LogP contribution is -2.32. The van der Waals surface area contributed by atoms with Crippen molar-refractivity contribution < 1.29 is 23.2 Å². The third-order valence-corrected chi connectivity index (χ3v) is 4.25. The van der Waals surface area contributed by atoms with Crippen molar-refractivity contribution in [3.8, 4) is 0 Å². The van der Waals surface area contributed by atoms with Gasteiger partial charge in [0.2, 0.25) is 11.8 Å². The molecule has 2 heterocycles. The first-order valence-electron chi connectivity index (χ1n) is 8.66. The summed E-state index contributed by atoms with van der Waals surface area (Å²) in [5.41, 5.74) is 0.0769. The highest BCUT2D eigenvalue weighted by Gasteiger charge is 2.36. The molecule has 2 aromatic rings. The van der Waals surface area contributed by atoms with Gasteiger partial charge in [0.1, 0.15) is 23.0 Å². The molecular formula is C18H19F2N5O3. The third kappa shape index (κ3) is 4.00. The predicted molar refractivity (Wildman–Crippen MR) is 96.6 cm³/mol. The molecular weight excluding hydrogens is 372 g/mol. The van der Waals surface area contributed by atoms with Gasteiger partial charge >= 0.3 is 0 Å². The number of nitrogens with zero attached hydrogens (tertiary/aromatic N) is 2. The monoisotopic (exact) mass is 391 g/mol. The number of nitrogens with one attached hydrogen (secondary N) is 3. The fourth-order valence-corrected chi connectivity index (χ4v) is 2.93. The summed E-state index contributed by atoms with van der Waals surface area (Å²) in [5, 5.41) is 11.5. The zero-order valence-electron chi connectivity index (χ0n) is 15.3. The Labute approximate surface area is 159 Å². The molecule has 28 heavy (non-hydrogen) atoms. The minimum Gasteiger partial charge on any atom is -0.350 e. The quantitative estimate of drug-likeness (QED) is 0.723. The van der Waals surface area contributed by atoms with Gasteiger partial charge in [-0.25, -0.2) is 8.78 Å². The number of aromatic amines is 1. The van der Waals surface area contributed by atoms with Crippen molar-refractivity contribution in [2.24, 2.45) is 5.92 Å². The number of H-pyrrole nitrogens is 1. The Morgan fingerprint density at radius 2 is 2.07 bits per heavy atom. The molecule has 0 radical (unpaired) electrons. The van der Waals surface area contributed by atoms with Gasteiger partial charge in [-0.05, 0) is 26.0 Å². The summed E-state index contributed by atoms with van der Waals surface area (Å²) >= 11 is 0. The number of amides is 3. The van der Waals surface area contributed by atoms with Crippen LogP contribution < -0.4 is 15.5 Å². The zero-order chi connectivity index (χ0) is 20.4. The SMILES string of the molecule is CC(C)NC(=O)c1cn[nH]c1NC(=O)C1CC(=O)N(c2ccc(F)cc2F)C1. The molecule has 8 nitrogen and oxygen atoms in total. The van der Waals surface area contributed by atoms with Crippen molar-refractivity contribution in [3.05, 3.63) is 41.6 Å². The van der Waals surface area contributed by atoms with Gasteiger partial charge in [-0.15, -0.1) is 0 Å². The maximum Gasteiger partial charge on any atom is 0.256 e. The van der Waals surface area contributed by atoms with Crippen molar-refractivity contribution in [1.29, 1.82) is 0 Å². The minimum atomic E-state index is -0.879. The second kappa shape index (κ2) is 7.75. The first kappa shape index (κ1) is 19.5. The van der Waals surface area contributed by atoms with E-state index in [9.17, 15) is 23.2 Å². The Bertz CT molecular complexity index is 928. The van der Waals surface area contributed by atoms with Crippen LogP contribution in [0.3, 0.4) is 0 Å². The van der Waals surface area contributed by atoms with Crippen LogP contribution >= 0.6 is 0 Å². The normalized spacial score (nSPS) is 16.5. The molecule has 0 saturated carbocycles. The fourth-order valence-electron chi connectivity index (χ4n) is 2.93. The first-order chi connectivity index (χ1) is 13.3. The van der Waals surface area contributed by atoms with Gasteiger partial charge in [0.05, 0.1) is 17.8 Å². The summed E-state index contributed by atoms with van der Waals surface area (Å²) in [6, 6.07) is 2.79. The molecule has 0 aliphatic carbocycles. The predicted octanol–water partition coefficient (Wildman–Crippen LogP) is 1.82. The number of carbonyl (C=O) groups excluding carboxylic acids is 3. The van der Waals surface area contributed by atoms with Crippen molar-refractivity contribution in [3.63, 3.8) is 0 Å². The summed E-state index contributed by atoms with van der Waals surface area (Å²) in [4.78, 5) is 38.0. The summed E-state index contributed by atoms with van der Waals surface area (Å²) < 4.78 is 27.0. The molecule has 0 spiro atoms. The number of hydrogen-bond acceptors (Lipinski definition) is 4. The summed E-state index contributed by atoms with van der Waals surface area (Å²) in [6.45, 7) is 3.53. The topological polar surface area (TPSA) is 107 Å². The molecule has 3 amide bonds. The van der Waals surface area contributed by atoms with Crippen LogP contribution in [0.2, 0.25) is 0 Å². The van der Waals surface area contributed by atoms with E-state index in [-0.39, 0.29) is 36.1 Å². The minimum absolute atomic E-state index is 0.0606. The molecule has 1 aromatic carbocycles. The number of hydrogen-bond donors (Lipinski definition) is 3. The Hall–Kier alpha value is -3.30. The van der Waals surface area contributed by atoms with Crippen molar-refractivity contribution in [2.75, 3.05) is 16.8 Å². The Morgan fingerprint density at radius 3 is 2.75 bits per heavy atom. The lowest BCUT2D eigenvalue weighted by atomic mass is 10.1. The van der Waals surface area contributed by atoms with E-state index < -0.39 is 35.3 Å². The number of carbonyl (C=O) groups is 3. The highest BCUT2D eigenvalue weighted by Crippen LogP contribution is 2.28. The molecule has 1 unspecified atom stereocenters. The van der Waals surface area contributed by atoms with Crippen LogP contribution in [0.1, 0.15) is 30.6 Å². The van der Waals surface area contributed by atoms with Crippen molar-refractivity contribution >= 4 is 29.2 Å². The van der Waals surface area contributed by atoms with Gasteiger partial charge < -0.3 is 15.5 Å². The second-order valence-electron chi connectivity index (χ2n) is 6.78. The number of benzene rings is 1. The van der Waals surface area contributed by atoms with E-state index in [1.807, 2.05) is 0 Å². The van der Waals surface area contributed by atoms with Crippen LogP contribution in [0, 0.1) is 17.6 Å². The van der Waals surface area contributed by atoms with Crippen LogP contribution in [0.25, 0.3) is 0 Å². The van der Waals surface area contributed by atoms with Crippen LogP contribution in [0.4, 0.5) is 20.3 Å². The standard InChI is InChI=1S/C18H19F2N5O3/c1-9(2)22-18(28)12-7-21-24-16(12)23-17(27)10-5-15(26)25(8-10)14-4-3-11(19)6-13(14)20/h3-4,6-7,9-10H,5,8H2,1-2H3,(H,22,28)(H2,21,23,24,27). The van der Waals surface area contributed by atoms with E-state index >= 15 is 0 Å². The number of anilines is 2. The van der Waals surface area contributed by atoms with E-state index in [1.54, 1.807) is 13.8 Å². The lowest BCUT2D eigenvalue weighted by Gasteiger charge is -2.17. The van der Waals surface area contributed by atoms with Gasteiger partial charge in [0.25, 0.3) is 5.91 Å². The van der Waals surface area contributed by atoms with Gasteiger partial charge in [-0.1, -0.05) is 0 Å². The Balaban J connectivity index is 1.71. The molecule has 1 aromatic heterocycles. The summed E-state index contributed by atoms with van der Waals surface area (Å²) in [6.07, 6.45) is 1.15. The maximum atomic E-state index is 14.0. The van der Waals surface area contributed by atoms with E-state index in [2.05, 4.69) is 20.8 Å². The molecule has 1 aliphatic rings. The lowest BCUT2D eigenvalue weighted by molar-refractivity contribution is -0.122. The zero-order valence-corrected chi connectivity index (χ0v) is 15.3. The highest BCUT2D eigenvalue weighted by molar-refractivity contribution is 6.06. The van der Waals surface area contributed by atoms with E-state index in [1.165, 1.54) is 6.20 Å². The van der Waals surface area contributed by atoms with Crippen LogP contribution in [-0.4, -0.2) is 40.5 Å². The van der Waals surface area contributed by atoms with Crippen molar-refractivity contribution in [2.45, 2.75) is 26.3 Å². The van der Waals surface area contributed by atoms with E-state index in [0.29, 0.717) is 6.07 Å². The van der Waals surface area contributed by atoms with Gasteiger partial charge in [-0.3, -0.25) is 19.5 Å². The summed E-state index contributed by atoms with van der Waals surface area (Å²) in [5.74, 6) is -3.65. The highest BCUT2D eigenvalue weighted by atomic mass is 19.1. The number of rotatable bonds is 5. The largest absolute Gasteiger partial charge is 0.350 e. The van der Waals surface area contributed by atoms with E-state index in [4.69, 9.17) is 0 Å². The number of halogens is 2. The molecule has 1 saturated heterocycles. The first-order valence-corrected chi connectivity index (χ1v) is 8.66. The van der Waals surface area contributed by atoms with Gasteiger partial charge in [-0.2, -0.15) is 5.10 Å². The molecule has 3 rings (SSSR count). The maximum absolute atomic E-state index is 14.0. The smallest absolute Gasteiger partial charge is 0.256 e. The van der Waals surface area contributed by atoms with Crippen LogP contribution in [0.15, 0.2) is 24.4 Å². The van der Waals surface area contributed by atoms with Crippen molar-refractivity contribution in [1.82, 2.24) is 15.5 Å². The molecule has 0 bridgehead atoms. The summed E-state index contributed by atoms with van der Waals surface area (Å²) in [7, 11) is 0. The van der Waals surface area contributed by atoms with Gasteiger partial charge in [0.15, 0.2) is 0 Å². The molecule has 148 valence electrons. The van der Waals surface area contributed by atoms with Crippen LogP contribution in [0.5, 0.6) is 0 Å². The molecule has 10 heteroatoms. The fraction of sp³-hybridized carbons (Fsp3) is 0.333. The van der Waals surface area contributed by atoms with E-state index in [0.717, 1.165) is 17.0 Å². The average Bonchev–Trinajstić information content (AvgIpc) is 3.21. The number of aromatic nitrogens is 2. The third-order valence-electron chi connectivity index (χ3n) is 4.25. The molecule has 1 aliphatic heterocycles. The van der Waals surface area contributed by atoms with Gasteiger partial charge in [0, 0.05) is 25.1 Å². The molecule has 1 atom stereocenters.